The van der Waals surface area contributed by atoms with E-state index in [9.17, 15) is 4.79 Å². The Morgan fingerprint density at radius 1 is 1.41 bits per heavy atom. The number of anilines is 1. The Balaban J connectivity index is 2.43. The van der Waals surface area contributed by atoms with Crippen molar-refractivity contribution in [2.24, 2.45) is 5.73 Å². The molecule has 0 aliphatic heterocycles. The molecule has 1 amide bonds. The zero-order chi connectivity index (χ0) is 12.7. The first kappa shape index (κ1) is 14.1. The number of nitrogens with two attached hydrogens (primary N) is 1. The van der Waals surface area contributed by atoms with Crippen LogP contribution in [0, 0.1) is 0 Å². The Kier molecular flexibility index (Phi) is 6.08. The number of hydrogen-bond donors (Lipinski definition) is 1. The average molecular weight is 252 g/mol. The van der Waals surface area contributed by atoms with Crippen molar-refractivity contribution in [3.05, 3.63) is 30.3 Å². The monoisotopic (exact) mass is 252 g/mol. The Hall–Kier alpha value is -1.00. The summed E-state index contributed by atoms with van der Waals surface area (Å²) in [6.45, 7) is 2.78. The number of nitrogens with zero attached hydrogens (tertiary/aromatic N) is 1. The number of para-hydroxylation sites is 1. The van der Waals surface area contributed by atoms with Crippen LogP contribution in [0.4, 0.5) is 5.69 Å². The van der Waals surface area contributed by atoms with E-state index in [0.717, 1.165) is 12.1 Å². The largest absolute Gasteiger partial charge is 0.330 e. The van der Waals surface area contributed by atoms with Crippen molar-refractivity contribution in [1.82, 2.24) is 0 Å². The smallest absolute Gasteiger partial charge is 0.236 e. The van der Waals surface area contributed by atoms with Crippen LogP contribution in [0.3, 0.4) is 0 Å². The fourth-order valence-electron chi connectivity index (χ4n) is 1.42. The molecule has 0 aliphatic rings. The SMILES string of the molecule is CC(CCN)SCC(=O)N(C)c1ccccc1. The number of hydrogen-bond acceptors (Lipinski definition) is 3. The van der Waals surface area contributed by atoms with Crippen molar-refractivity contribution in [3.63, 3.8) is 0 Å². The summed E-state index contributed by atoms with van der Waals surface area (Å²) in [4.78, 5) is 13.6. The fourth-order valence-corrected chi connectivity index (χ4v) is 2.35. The summed E-state index contributed by atoms with van der Waals surface area (Å²) >= 11 is 1.66. The number of rotatable bonds is 6. The van der Waals surface area contributed by atoms with Gasteiger partial charge in [0.25, 0.3) is 0 Å². The fraction of sp³-hybridized carbons (Fsp3) is 0.462. The zero-order valence-electron chi connectivity index (χ0n) is 10.4. The normalized spacial score (nSPS) is 12.2. The van der Waals surface area contributed by atoms with Crippen LogP contribution in [-0.2, 0) is 4.79 Å². The molecule has 0 radical (unpaired) electrons. The second kappa shape index (κ2) is 7.35. The van der Waals surface area contributed by atoms with E-state index >= 15 is 0 Å². The van der Waals surface area contributed by atoms with Gasteiger partial charge in [0.05, 0.1) is 5.75 Å². The summed E-state index contributed by atoms with van der Waals surface area (Å²) in [6, 6.07) is 9.68. The Labute approximate surface area is 107 Å². The van der Waals surface area contributed by atoms with E-state index in [1.807, 2.05) is 37.4 Å². The maximum atomic E-state index is 11.9. The molecule has 0 aliphatic carbocycles. The molecular formula is C13H20N2OS. The predicted molar refractivity (Wildman–Crippen MR) is 75.4 cm³/mol. The van der Waals surface area contributed by atoms with Crippen LogP contribution in [0.1, 0.15) is 13.3 Å². The summed E-state index contributed by atoms with van der Waals surface area (Å²) in [5.74, 6) is 0.636. The molecule has 0 bridgehead atoms. The van der Waals surface area contributed by atoms with Gasteiger partial charge in [-0.05, 0) is 25.1 Å². The number of carbonyl (C=O) groups excluding carboxylic acids is 1. The minimum atomic E-state index is 0.130. The molecule has 1 unspecified atom stereocenters. The Morgan fingerprint density at radius 2 is 2.06 bits per heavy atom. The van der Waals surface area contributed by atoms with Crippen molar-refractivity contribution in [2.45, 2.75) is 18.6 Å². The molecule has 0 saturated carbocycles. The third-order valence-corrected chi connectivity index (χ3v) is 3.80. The van der Waals surface area contributed by atoms with Gasteiger partial charge in [0, 0.05) is 18.0 Å². The number of thioether (sulfide) groups is 1. The highest BCUT2D eigenvalue weighted by atomic mass is 32.2. The van der Waals surface area contributed by atoms with E-state index in [0.29, 0.717) is 17.5 Å². The topological polar surface area (TPSA) is 46.3 Å². The molecule has 4 heteroatoms. The van der Waals surface area contributed by atoms with E-state index in [1.54, 1.807) is 16.7 Å². The number of benzene rings is 1. The zero-order valence-corrected chi connectivity index (χ0v) is 11.2. The molecule has 1 aromatic rings. The van der Waals surface area contributed by atoms with Crippen molar-refractivity contribution < 1.29 is 4.79 Å². The second-order valence-electron chi connectivity index (χ2n) is 3.99. The predicted octanol–water partition coefficient (Wildman–Crippen LogP) is 2.12. The molecule has 2 N–H and O–H groups in total. The van der Waals surface area contributed by atoms with E-state index in [2.05, 4.69) is 6.92 Å². The lowest BCUT2D eigenvalue weighted by Gasteiger charge is -2.18. The lowest BCUT2D eigenvalue weighted by molar-refractivity contribution is -0.115. The summed E-state index contributed by atoms with van der Waals surface area (Å²) in [6.07, 6.45) is 0.951. The lowest BCUT2D eigenvalue weighted by atomic mass is 10.3. The average Bonchev–Trinajstić information content (AvgIpc) is 2.36. The maximum absolute atomic E-state index is 11.9. The van der Waals surface area contributed by atoms with Crippen LogP contribution in [0.15, 0.2) is 30.3 Å². The molecule has 1 atom stereocenters. The molecule has 0 heterocycles. The van der Waals surface area contributed by atoms with Gasteiger partial charge in [-0.3, -0.25) is 4.79 Å². The van der Waals surface area contributed by atoms with Crippen molar-refractivity contribution in [3.8, 4) is 0 Å². The van der Waals surface area contributed by atoms with E-state index in [-0.39, 0.29) is 5.91 Å². The highest BCUT2D eigenvalue weighted by molar-refractivity contribution is 8.00. The molecule has 94 valence electrons. The first-order chi connectivity index (χ1) is 8.15. The minimum absolute atomic E-state index is 0.130. The molecular weight excluding hydrogens is 232 g/mol. The Bertz CT molecular complexity index is 343. The summed E-state index contributed by atoms with van der Waals surface area (Å²) in [7, 11) is 1.81. The van der Waals surface area contributed by atoms with Gasteiger partial charge >= 0.3 is 0 Å². The first-order valence-corrected chi connectivity index (χ1v) is 6.83. The standard InChI is InChI=1S/C13H20N2OS/c1-11(8-9-14)17-10-13(16)15(2)12-6-4-3-5-7-12/h3-7,11H,8-10,14H2,1-2H3. The van der Waals surface area contributed by atoms with Gasteiger partial charge in [0.1, 0.15) is 0 Å². The van der Waals surface area contributed by atoms with E-state index < -0.39 is 0 Å². The van der Waals surface area contributed by atoms with E-state index in [4.69, 9.17) is 5.73 Å². The van der Waals surface area contributed by atoms with Crippen molar-refractivity contribution in [1.29, 1.82) is 0 Å². The van der Waals surface area contributed by atoms with Crippen molar-refractivity contribution >= 4 is 23.4 Å². The summed E-state index contributed by atoms with van der Waals surface area (Å²) in [5, 5.41) is 0.438. The summed E-state index contributed by atoms with van der Waals surface area (Å²) in [5.41, 5.74) is 6.41. The van der Waals surface area contributed by atoms with Crippen LogP contribution >= 0.6 is 11.8 Å². The van der Waals surface area contributed by atoms with Crippen molar-refractivity contribution in [2.75, 3.05) is 24.2 Å². The van der Waals surface area contributed by atoms with Crippen LogP contribution < -0.4 is 10.6 Å². The minimum Gasteiger partial charge on any atom is -0.330 e. The molecule has 0 saturated heterocycles. The second-order valence-corrected chi connectivity index (χ2v) is 5.41. The van der Waals surface area contributed by atoms with Crippen LogP contribution in [0.25, 0.3) is 0 Å². The molecule has 17 heavy (non-hydrogen) atoms. The molecule has 1 rings (SSSR count). The maximum Gasteiger partial charge on any atom is 0.236 e. The van der Waals surface area contributed by atoms with Gasteiger partial charge in [-0.1, -0.05) is 25.1 Å². The van der Waals surface area contributed by atoms with Crippen LogP contribution in [-0.4, -0.2) is 30.5 Å². The molecule has 0 spiro atoms. The van der Waals surface area contributed by atoms with Crippen LogP contribution in [0.5, 0.6) is 0 Å². The van der Waals surface area contributed by atoms with Gasteiger partial charge in [-0.25, -0.2) is 0 Å². The Morgan fingerprint density at radius 3 is 2.65 bits per heavy atom. The lowest BCUT2D eigenvalue weighted by Crippen LogP contribution is -2.28. The van der Waals surface area contributed by atoms with Crippen LogP contribution in [0.2, 0.25) is 0 Å². The number of amides is 1. The molecule has 1 aromatic carbocycles. The molecule has 0 fully saturated rings. The summed E-state index contributed by atoms with van der Waals surface area (Å²) < 4.78 is 0. The molecule has 3 nitrogen and oxygen atoms in total. The van der Waals surface area contributed by atoms with Gasteiger partial charge in [0.2, 0.25) is 5.91 Å². The van der Waals surface area contributed by atoms with E-state index in [1.165, 1.54) is 0 Å². The third kappa shape index (κ3) is 4.79. The quantitative estimate of drug-likeness (QED) is 0.843. The van der Waals surface area contributed by atoms with Gasteiger partial charge < -0.3 is 10.6 Å². The highest BCUT2D eigenvalue weighted by Gasteiger charge is 2.12. The molecule has 0 aromatic heterocycles. The van der Waals surface area contributed by atoms with Gasteiger partial charge in [-0.15, -0.1) is 11.8 Å². The first-order valence-electron chi connectivity index (χ1n) is 5.78. The highest BCUT2D eigenvalue weighted by Crippen LogP contribution is 2.16. The number of carbonyl (C=O) groups is 1. The van der Waals surface area contributed by atoms with Gasteiger partial charge in [0.15, 0.2) is 0 Å². The van der Waals surface area contributed by atoms with Gasteiger partial charge in [-0.2, -0.15) is 0 Å². The third-order valence-electron chi connectivity index (χ3n) is 2.58.